The molecule has 0 aliphatic carbocycles. The molecule has 1 unspecified atom stereocenters. The van der Waals surface area contributed by atoms with Crippen LogP contribution in [0, 0.1) is 13.8 Å². The first-order valence-corrected chi connectivity index (χ1v) is 6.81. The lowest BCUT2D eigenvalue weighted by Crippen LogP contribution is -2.36. The van der Waals surface area contributed by atoms with E-state index >= 15 is 0 Å². The van der Waals surface area contributed by atoms with Gasteiger partial charge in [0.2, 0.25) is 0 Å². The highest BCUT2D eigenvalue weighted by atomic mass is 16.4. The molecule has 116 valence electrons. The number of hydrogen-bond donors (Lipinski definition) is 2. The monoisotopic (exact) mass is 302 g/mol. The number of aryl methyl sites for hydroxylation is 1. The number of pyridine rings is 1. The van der Waals surface area contributed by atoms with Crippen LogP contribution in [0.15, 0.2) is 23.1 Å². The molecular formula is C15H18N4O3. The minimum atomic E-state index is -0.923. The van der Waals surface area contributed by atoms with Gasteiger partial charge in [0.1, 0.15) is 17.7 Å². The van der Waals surface area contributed by atoms with E-state index in [1.54, 1.807) is 51.0 Å². The number of aliphatic carboxylic acids is 1. The summed E-state index contributed by atoms with van der Waals surface area (Å²) in [6, 6.07) is 2.77. The van der Waals surface area contributed by atoms with Gasteiger partial charge < -0.3 is 15.0 Å². The fourth-order valence-corrected chi connectivity index (χ4v) is 1.88. The van der Waals surface area contributed by atoms with Crippen LogP contribution in [-0.4, -0.2) is 39.1 Å². The molecule has 0 radical (unpaired) electrons. The zero-order valence-electron chi connectivity index (χ0n) is 12.9. The Morgan fingerprint density at radius 3 is 2.55 bits per heavy atom. The Kier molecular flexibility index (Phi) is 4.25. The van der Waals surface area contributed by atoms with Crippen molar-refractivity contribution >= 4 is 11.8 Å². The van der Waals surface area contributed by atoms with Crippen molar-refractivity contribution in [3.63, 3.8) is 0 Å². The largest absolute Gasteiger partial charge is 0.480 e. The Balaban J connectivity index is 2.33. The first-order valence-electron chi connectivity index (χ1n) is 6.81. The summed E-state index contributed by atoms with van der Waals surface area (Å²) in [6.07, 6.45) is 1.56. The van der Waals surface area contributed by atoms with Crippen molar-refractivity contribution in [3.05, 3.63) is 39.9 Å². The van der Waals surface area contributed by atoms with E-state index in [4.69, 9.17) is 5.11 Å². The molecule has 2 N–H and O–H groups in total. The van der Waals surface area contributed by atoms with Crippen LogP contribution in [0.25, 0.3) is 11.4 Å². The topological polar surface area (TPSA) is 99.2 Å². The van der Waals surface area contributed by atoms with Crippen molar-refractivity contribution in [2.24, 2.45) is 0 Å². The molecule has 0 fully saturated rings. The van der Waals surface area contributed by atoms with Crippen LogP contribution < -0.4 is 10.5 Å². The lowest BCUT2D eigenvalue weighted by molar-refractivity contribution is -0.138. The molecule has 0 bridgehead atoms. The molecule has 0 aliphatic heterocycles. The molecule has 22 heavy (non-hydrogen) atoms. The van der Waals surface area contributed by atoms with Crippen molar-refractivity contribution in [2.45, 2.75) is 26.8 Å². The molecule has 2 aromatic heterocycles. The zero-order chi connectivity index (χ0) is 16.4. The van der Waals surface area contributed by atoms with E-state index in [-0.39, 0.29) is 5.56 Å². The van der Waals surface area contributed by atoms with Crippen molar-refractivity contribution in [2.75, 3.05) is 11.9 Å². The number of carboxylic acid groups (broad SMARTS) is 1. The average molecular weight is 302 g/mol. The summed E-state index contributed by atoms with van der Waals surface area (Å²) in [5.41, 5.74) is 1.74. The molecule has 0 spiro atoms. The Bertz CT molecular complexity index is 752. The SMILES string of the molecule is Cc1nc(-c2ccc(N(C)C(C)C(=O)O)nc2)[nH]c(=O)c1C. The third kappa shape index (κ3) is 2.98. The summed E-state index contributed by atoms with van der Waals surface area (Å²) in [4.78, 5) is 35.6. The fraction of sp³-hybridized carbons (Fsp3) is 0.333. The first kappa shape index (κ1) is 15.7. The van der Waals surface area contributed by atoms with Crippen LogP contribution >= 0.6 is 0 Å². The van der Waals surface area contributed by atoms with Crippen LogP contribution in [0.2, 0.25) is 0 Å². The summed E-state index contributed by atoms with van der Waals surface area (Å²) in [5, 5.41) is 9.01. The molecule has 2 aromatic rings. The standard InChI is InChI=1S/C15H18N4O3/c1-8-9(2)17-13(18-14(8)20)11-5-6-12(16-7-11)19(4)10(3)15(21)22/h5-7,10H,1-4H3,(H,21,22)(H,17,18,20). The maximum Gasteiger partial charge on any atom is 0.326 e. The molecule has 1 atom stereocenters. The van der Waals surface area contributed by atoms with Crippen molar-refractivity contribution in [1.29, 1.82) is 0 Å². The van der Waals surface area contributed by atoms with Gasteiger partial charge in [-0.05, 0) is 32.9 Å². The van der Waals surface area contributed by atoms with Crippen molar-refractivity contribution in [1.82, 2.24) is 15.0 Å². The van der Waals surface area contributed by atoms with Gasteiger partial charge in [0.15, 0.2) is 0 Å². The molecular weight excluding hydrogens is 284 g/mol. The number of likely N-dealkylation sites (N-methyl/N-ethyl adjacent to an activating group) is 1. The number of H-pyrrole nitrogens is 1. The highest BCUT2D eigenvalue weighted by Gasteiger charge is 2.18. The van der Waals surface area contributed by atoms with Crippen molar-refractivity contribution in [3.8, 4) is 11.4 Å². The average Bonchev–Trinajstić information content (AvgIpc) is 2.50. The maximum absolute atomic E-state index is 11.8. The van der Waals surface area contributed by atoms with Crippen LogP contribution in [0.3, 0.4) is 0 Å². The number of carbonyl (C=O) groups is 1. The van der Waals surface area contributed by atoms with E-state index < -0.39 is 12.0 Å². The number of rotatable bonds is 4. The van der Waals surface area contributed by atoms with Gasteiger partial charge in [-0.25, -0.2) is 14.8 Å². The van der Waals surface area contributed by atoms with E-state index in [1.807, 2.05) is 0 Å². The van der Waals surface area contributed by atoms with E-state index in [2.05, 4.69) is 15.0 Å². The predicted octanol–water partition coefficient (Wildman–Crippen LogP) is 1.36. The molecule has 2 rings (SSSR count). The predicted molar refractivity (Wildman–Crippen MR) is 83.1 cm³/mol. The van der Waals surface area contributed by atoms with Gasteiger partial charge in [-0.1, -0.05) is 0 Å². The number of aromatic nitrogens is 3. The Labute approximate surface area is 127 Å². The van der Waals surface area contributed by atoms with Crippen molar-refractivity contribution < 1.29 is 9.90 Å². The lowest BCUT2D eigenvalue weighted by Gasteiger charge is -2.22. The van der Waals surface area contributed by atoms with Crippen LogP contribution in [0.1, 0.15) is 18.2 Å². The van der Waals surface area contributed by atoms with Crippen LogP contribution in [0.4, 0.5) is 5.82 Å². The Morgan fingerprint density at radius 2 is 2.05 bits per heavy atom. The first-order chi connectivity index (χ1) is 10.3. The van der Waals surface area contributed by atoms with Gasteiger partial charge in [0.25, 0.3) is 5.56 Å². The number of carboxylic acids is 1. The van der Waals surface area contributed by atoms with Gasteiger partial charge in [-0.15, -0.1) is 0 Å². The summed E-state index contributed by atoms with van der Waals surface area (Å²) >= 11 is 0. The highest BCUT2D eigenvalue weighted by Crippen LogP contribution is 2.18. The minimum Gasteiger partial charge on any atom is -0.480 e. The van der Waals surface area contributed by atoms with Crippen LogP contribution in [0.5, 0.6) is 0 Å². The van der Waals surface area contributed by atoms with E-state index in [1.165, 1.54) is 0 Å². The molecule has 7 nitrogen and oxygen atoms in total. The number of nitrogens with zero attached hydrogens (tertiary/aromatic N) is 3. The fourth-order valence-electron chi connectivity index (χ4n) is 1.88. The normalized spacial score (nSPS) is 12.0. The zero-order valence-corrected chi connectivity index (χ0v) is 12.9. The summed E-state index contributed by atoms with van der Waals surface area (Å²) in [7, 11) is 1.66. The number of aromatic amines is 1. The quantitative estimate of drug-likeness (QED) is 0.884. The number of hydrogen-bond acceptors (Lipinski definition) is 5. The third-order valence-electron chi connectivity index (χ3n) is 3.72. The van der Waals surface area contributed by atoms with Gasteiger partial charge in [-0.3, -0.25) is 4.79 Å². The van der Waals surface area contributed by atoms with Gasteiger partial charge in [0, 0.05) is 30.1 Å². The van der Waals surface area contributed by atoms with Crippen LogP contribution in [-0.2, 0) is 4.79 Å². The smallest absolute Gasteiger partial charge is 0.326 e. The van der Waals surface area contributed by atoms with E-state index in [9.17, 15) is 9.59 Å². The highest BCUT2D eigenvalue weighted by molar-refractivity contribution is 5.77. The third-order valence-corrected chi connectivity index (χ3v) is 3.72. The van der Waals surface area contributed by atoms with Gasteiger partial charge >= 0.3 is 5.97 Å². The summed E-state index contributed by atoms with van der Waals surface area (Å²) < 4.78 is 0. The second-order valence-corrected chi connectivity index (χ2v) is 5.16. The maximum atomic E-state index is 11.8. The molecule has 7 heteroatoms. The molecule has 0 saturated carbocycles. The number of nitrogens with one attached hydrogen (secondary N) is 1. The number of anilines is 1. The van der Waals surface area contributed by atoms with E-state index in [0.717, 1.165) is 0 Å². The molecule has 0 amide bonds. The molecule has 0 saturated heterocycles. The summed E-state index contributed by atoms with van der Waals surface area (Å²) in [6.45, 7) is 5.08. The molecule has 0 aromatic carbocycles. The van der Waals surface area contributed by atoms with Gasteiger partial charge in [0.05, 0.1) is 0 Å². The lowest BCUT2D eigenvalue weighted by atomic mass is 10.2. The summed E-state index contributed by atoms with van der Waals surface area (Å²) in [5.74, 6) is 0.0550. The minimum absolute atomic E-state index is 0.178. The second kappa shape index (κ2) is 5.97. The Hall–Kier alpha value is -2.70. The molecule has 2 heterocycles. The Morgan fingerprint density at radius 1 is 1.36 bits per heavy atom. The second-order valence-electron chi connectivity index (χ2n) is 5.16. The van der Waals surface area contributed by atoms with E-state index in [0.29, 0.717) is 28.5 Å². The molecule has 0 aliphatic rings. The van der Waals surface area contributed by atoms with Gasteiger partial charge in [-0.2, -0.15) is 0 Å².